The van der Waals surface area contributed by atoms with Gasteiger partial charge in [-0.1, -0.05) is 41.9 Å². The van der Waals surface area contributed by atoms with Gasteiger partial charge in [0.15, 0.2) is 0 Å². The molecule has 0 bridgehead atoms. The van der Waals surface area contributed by atoms with Crippen LogP contribution < -0.4 is 5.32 Å². The Labute approximate surface area is 195 Å². The highest BCUT2D eigenvalue weighted by molar-refractivity contribution is 6.29. The number of benzene rings is 2. The van der Waals surface area contributed by atoms with Crippen LogP contribution in [0, 0.1) is 0 Å². The van der Waals surface area contributed by atoms with Crippen LogP contribution in [0.4, 0.5) is 11.6 Å². The van der Waals surface area contributed by atoms with Crippen LogP contribution in [0.25, 0.3) is 33.2 Å². The number of rotatable bonds is 5. The Hall–Kier alpha value is -3.39. The number of ether oxygens (including phenoxy) is 1. The van der Waals surface area contributed by atoms with Crippen LogP contribution in [0.3, 0.4) is 0 Å². The summed E-state index contributed by atoms with van der Waals surface area (Å²) in [6.07, 6.45) is 1.87. The molecule has 166 valence electrons. The molecule has 0 aliphatic carbocycles. The molecule has 0 unspecified atom stereocenters. The van der Waals surface area contributed by atoms with Gasteiger partial charge in [-0.25, -0.2) is 9.97 Å². The maximum Gasteiger partial charge on any atom is 0.205 e. The second-order valence-electron chi connectivity index (χ2n) is 8.26. The number of imidazole rings is 1. The molecule has 3 aromatic heterocycles. The van der Waals surface area contributed by atoms with E-state index in [0.717, 1.165) is 66.2 Å². The molecule has 2 aromatic carbocycles. The highest BCUT2D eigenvalue weighted by atomic mass is 35.5. The van der Waals surface area contributed by atoms with Crippen molar-refractivity contribution < 1.29 is 4.74 Å². The average Bonchev–Trinajstić information content (AvgIpc) is 3.43. The Morgan fingerprint density at radius 2 is 1.76 bits per heavy atom. The molecular weight excluding hydrogens is 436 g/mol. The lowest BCUT2D eigenvalue weighted by Gasteiger charge is -2.26. The SMILES string of the molecule is Clc1ccc2[nH]cc(Nc3nc4ccc(-c5ccc(CN6CCOCC6)cc5)cc4[nH]3)c2n1. The normalized spacial score (nSPS) is 14.8. The molecule has 5 aromatic rings. The number of nitrogens with zero attached hydrogens (tertiary/aromatic N) is 3. The molecule has 7 nitrogen and oxygen atoms in total. The number of anilines is 2. The summed E-state index contributed by atoms with van der Waals surface area (Å²) in [6, 6.07) is 18.8. The minimum absolute atomic E-state index is 0.454. The average molecular weight is 459 g/mol. The summed E-state index contributed by atoms with van der Waals surface area (Å²) in [5.74, 6) is 0.658. The van der Waals surface area contributed by atoms with Gasteiger partial charge in [0.2, 0.25) is 5.95 Å². The molecule has 33 heavy (non-hydrogen) atoms. The van der Waals surface area contributed by atoms with Crippen molar-refractivity contribution in [1.82, 2.24) is 24.8 Å². The first-order valence-electron chi connectivity index (χ1n) is 11.0. The van der Waals surface area contributed by atoms with Gasteiger partial charge in [0.05, 0.1) is 35.5 Å². The van der Waals surface area contributed by atoms with Crippen molar-refractivity contribution in [3.8, 4) is 11.1 Å². The van der Waals surface area contributed by atoms with E-state index in [2.05, 4.69) is 66.6 Å². The summed E-state index contributed by atoms with van der Waals surface area (Å²) < 4.78 is 5.44. The van der Waals surface area contributed by atoms with E-state index in [1.54, 1.807) is 6.07 Å². The molecule has 1 aliphatic heterocycles. The highest BCUT2D eigenvalue weighted by Gasteiger charge is 2.12. The van der Waals surface area contributed by atoms with Gasteiger partial charge in [-0.15, -0.1) is 0 Å². The Balaban J connectivity index is 1.22. The Morgan fingerprint density at radius 3 is 2.61 bits per heavy atom. The zero-order valence-electron chi connectivity index (χ0n) is 17.9. The fourth-order valence-electron chi connectivity index (χ4n) is 4.27. The van der Waals surface area contributed by atoms with Crippen molar-refractivity contribution in [2.24, 2.45) is 0 Å². The quantitative estimate of drug-likeness (QED) is 0.310. The van der Waals surface area contributed by atoms with Crippen molar-refractivity contribution >= 4 is 45.3 Å². The first kappa shape index (κ1) is 20.2. The number of hydrogen-bond acceptors (Lipinski definition) is 5. The van der Waals surface area contributed by atoms with Crippen molar-refractivity contribution in [2.75, 3.05) is 31.6 Å². The molecule has 0 amide bonds. The molecule has 3 N–H and O–H groups in total. The van der Waals surface area contributed by atoms with Gasteiger partial charge in [-0.2, -0.15) is 0 Å². The number of aromatic nitrogens is 4. The molecule has 1 aliphatic rings. The summed E-state index contributed by atoms with van der Waals surface area (Å²) >= 11 is 6.07. The summed E-state index contributed by atoms with van der Waals surface area (Å²) in [5, 5.41) is 3.77. The topological polar surface area (TPSA) is 81.9 Å². The van der Waals surface area contributed by atoms with Crippen molar-refractivity contribution in [3.63, 3.8) is 0 Å². The minimum Gasteiger partial charge on any atom is -0.379 e. The third-order valence-electron chi connectivity index (χ3n) is 6.02. The number of pyridine rings is 1. The van der Waals surface area contributed by atoms with E-state index >= 15 is 0 Å². The van der Waals surface area contributed by atoms with Crippen LogP contribution in [-0.4, -0.2) is 51.1 Å². The zero-order valence-corrected chi connectivity index (χ0v) is 18.7. The van der Waals surface area contributed by atoms with Gasteiger partial charge in [0.1, 0.15) is 10.7 Å². The van der Waals surface area contributed by atoms with E-state index in [-0.39, 0.29) is 0 Å². The lowest BCUT2D eigenvalue weighted by molar-refractivity contribution is 0.0342. The number of hydrogen-bond donors (Lipinski definition) is 3. The fourth-order valence-corrected chi connectivity index (χ4v) is 4.41. The summed E-state index contributed by atoms with van der Waals surface area (Å²) in [6.45, 7) is 4.60. The van der Waals surface area contributed by atoms with Crippen molar-refractivity contribution in [2.45, 2.75) is 6.54 Å². The van der Waals surface area contributed by atoms with E-state index in [1.165, 1.54) is 11.1 Å². The zero-order chi connectivity index (χ0) is 22.2. The molecular formula is C25H23ClN6O. The van der Waals surface area contributed by atoms with Gasteiger partial charge in [0, 0.05) is 25.8 Å². The third-order valence-corrected chi connectivity index (χ3v) is 6.23. The van der Waals surface area contributed by atoms with Gasteiger partial charge in [-0.3, -0.25) is 4.90 Å². The number of fused-ring (bicyclic) bond motifs is 2. The first-order valence-corrected chi connectivity index (χ1v) is 11.4. The number of aromatic amines is 2. The largest absolute Gasteiger partial charge is 0.379 e. The predicted octanol–water partition coefficient (Wildman–Crippen LogP) is 5.34. The minimum atomic E-state index is 0.454. The van der Waals surface area contributed by atoms with Gasteiger partial charge in [-0.05, 0) is 41.0 Å². The van der Waals surface area contributed by atoms with E-state index in [1.807, 2.05) is 18.3 Å². The monoisotopic (exact) mass is 458 g/mol. The maximum atomic E-state index is 6.07. The van der Waals surface area contributed by atoms with E-state index in [9.17, 15) is 0 Å². The number of nitrogens with one attached hydrogen (secondary N) is 3. The van der Waals surface area contributed by atoms with Crippen LogP contribution in [0.5, 0.6) is 0 Å². The predicted molar refractivity (Wildman–Crippen MR) is 132 cm³/mol. The second-order valence-corrected chi connectivity index (χ2v) is 8.65. The lowest BCUT2D eigenvalue weighted by atomic mass is 10.0. The van der Waals surface area contributed by atoms with Crippen molar-refractivity contribution in [1.29, 1.82) is 0 Å². The Bertz CT molecular complexity index is 1420. The number of H-pyrrole nitrogens is 2. The van der Waals surface area contributed by atoms with E-state index in [4.69, 9.17) is 16.3 Å². The van der Waals surface area contributed by atoms with Crippen LogP contribution >= 0.6 is 11.6 Å². The maximum absolute atomic E-state index is 6.07. The molecule has 1 saturated heterocycles. The first-order chi connectivity index (χ1) is 16.2. The van der Waals surface area contributed by atoms with Gasteiger partial charge >= 0.3 is 0 Å². The molecule has 0 atom stereocenters. The summed E-state index contributed by atoms with van der Waals surface area (Å²) in [7, 11) is 0. The van der Waals surface area contributed by atoms with Crippen LogP contribution in [0.15, 0.2) is 60.8 Å². The Morgan fingerprint density at radius 1 is 0.939 bits per heavy atom. The molecule has 0 radical (unpaired) electrons. The van der Waals surface area contributed by atoms with Gasteiger partial charge in [0.25, 0.3) is 0 Å². The second kappa shape index (κ2) is 8.51. The van der Waals surface area contributed by atoms with Crippen LogP contribution in [-0.2, 0) is 11.3 Å². The number of morpholine rings is 1. The van der Waals surface area contributed by atoms with E-state index in [0.29, 0.717) is 11.1 Å². The number of halogens is 1. The summed E-state index contributed by atoms with van der Waals surface area (Å²) in [5.41, 5.74) is 8.04. The molecule has 0 spiro atoms. The molecule has 4 heterocycles. The molecule has 6 rings (SSSR count). The van der Waals surface area contributed by atoms with Crippen LogP contribution in [0.2, 0.25) is 5.15 Å². The molecule has 0 saturated carbocycles. The standard InChI is InChI=1S/C25H23ClN6O/c26-23-8-7-20-24(31-23)22(14-27-20)30-25-28-19-6-5-18(13-21(19)29-25)17-3-1-16(2-4-17)15-32-9-11-33-12-10-32/h1-8,13-14,27H,9-12,15H2,(H2,28,29,30). The van der Waals surface area contributed by atoms with Crippen molar-refractivity contribution in [3.05, 3.63) is 71.5 Å². The van der Waals surface area contributed by atoms with E-state index < -0.39 is 0 Å². The fraction of sp³-hybridized carbons (Fsp3) is 0.200. The van der Waals surface area contributed by atoms with Crippen LogP contribution in [0.1, 0.15) is 5.56 Å². The molecule has 1 fully saturated rings. The lowest BCUT2D eigenvalue weighted by Crippen LogP contribution is -2.35. The summed E-state index contributed by atoms with van der Waals surface area (Å²) in [4.78, 5) is 18.1. The smallest absolute Gasteiger partial charge is 0.205 e. The highest BCUT2D eigenvalue weighted by Crippen LogP contribution is 2.28. The third kappa shape index (κ3) is 4.18. The van der Waals surface area contributed by atoms with Gasteiger partial charge < -0.3 is 20.0 Å². The molecule has 8 heteroatoms. The Kier molecular flexibility index (Phi) is 5.22.